The van der Waals surface area contributed by atoms with Gasteiger partial charge in [0.2, 0.25) is 0 Å². The fraction of sp³-hybridized carbons (Fsp3) is 0.0769. The van der Waals surface area contributed by atoms with Crippen LogP contribution in [-0.2, 0) is 0 Å². The lowest BCUT2D eigenvalue weighted by molar-refractivity contribution is 1.25. The van der Waals surface area contributed by atoms with Crippen molar-refractivity contribution in [3.05, 3.63) is 181 Å². The maximum Gasteiger partial charge on any atom is 0.0886 e. The number of nitrogens with zero attached hydrogens (tertiary/aromatic N) is 2. The minimum absolute atomic E-state index is 0.822. The number of hydrogen-bond acceptors (Lipinski definition) is 4. The van der Waals surface area contributed by atoms with Gasteiger partial charge in [0, 0.05) is 23.6 Å². The minimum atomic E-state index is 0.822. The zero-order chi connectivity index (χ0) is 30.9. The van der Waals surface area contributed by atoms with E-state index in [1.165, 1.54) is 17.3 Å². The smallest absolute Gasteiger partial charge is 0.0886 e. The number of pyridine rings is 2. The van der Waals surface area contributed by atoms with Crippen LogP contribution in [0.5, 0.6) is 0 Å². The van der Waals surface area contributed by atoms with Gasteiger partial charge in [0.15, 0.2) is 0 Å². The Morgan fingerprint density at radius 3 is 2.14 bits per heavy atom. The van der Waals surface area contributed by atoms with E-state index in [2.05, 4.69) is 78.6 Å². The van der Waals surface area contributed by atoms with Crippen LogP contribution in [0.15, 0.2) is 170 Å². The van der Waals surface area contributed by atoms with Gasteiger partial charge < -0.3 is 11.5 Å². The van der Waals surface area contributed by atoms with E-state index in [0.29, 0.717) is 0 Å². The molecule has 0 aliphatic rings. The van der Waals surface area contributed by atoms with Gasteiger partial charge >= 0.3 is 0 Å². The van der Waals surface area contributed by atoms with Gasteiger partial charge in [-0.15, -0.1) is 0 Å². The first-order chi connectivity index (χ1) is 20.9. The van der Waals surface area contributed by atoms with Crippen molar-refractivity contribution in [2.45, 2.75) is 20.3 Å². The summed E-state index contributed by atoms with van der Waals surface area (Å²) >= 11 is 0. The Morgan fingerprint density at radius 1 is 0.791 bits per heavy atom. The molecule has 0 fully saturated rings. The number of aromatic nitrogens is 2. The molecule has 4 nitrogen and oxygen atoms in total. The van der Waals surface area contributed by atoms with Crippen molar-refractivity contribution in [2.75, 3.05) is 5.73 Å². The number of benzene rings is 2. The van der Waals surface area contributed by atoms with Gasteiger partial charge in [-0.2, -0.15) is 0 Å². The van der Waals surface area contributed by atoms with Crippen LogP contribution >= 0.6 is 0 Å². The van der Waals surface area contributed by atoms with Crippen LogP contribution in [0.3, 0.4) is 0 Å². The first kappa shape index (κ1) is 32.0. The zero-order valence-electron chi connectivity index (χ0n) is 25.0. The molecule has 216 valence electrons. The maximum atomic E-state index is 5.36. The van der Waals surface area contributed by atoms with Crippen LogP contribution in [-0.4, -0.2) is 9.97 Å². The van der Waals surface area contributed by atoms with Crippen molar-refractivity contribution >= 4 is 11.8 Å². The molecule has 0 spiro atoms. The number of rotatable bonds is 10. The predicted molar refractivity (Wildman–Crippen MR) is 186 cm³/mol. The molecule has 2 heterocycles. The molecule has 0 atom stereocenters. The summed E-state index contributed by atoms with van der Waals surface area (Å²) in [6, 6.07) is 25.8. The van der Waals surface area contributed by atoms with Crippen LogP contribution in [0, 0.1) is 6.92 Å². The average molecular weight is 565 g/mol. The van der Waals surface area contributed by atoms with Crippen molar-refractivity contribution < 1.29 is 0 Å². The number of nitrogens with two attached hydrogens (primary N) is 2. The van der Waals surface area contributed by atoms with Crippen LogP contribution in [0.4, 0.5) is 5.69 Å². The topological polar surface area (TPSA) is 77.8 Å². The highest BCUT2D eigenvalue weighted by atomic mass is 14.8. The fourth-order valence-corrected chi connectivity index (χ4v) is 3.92. The van der Waals surface area contributed by atoms with E-state index >= 15 is 0 Å². The van der Waals surface area contributed by atoms with Crippen LogP contribution < -0.4 is 11.5 Å². The molecule has 2 aromatic heterocycles. The molecule has 0 aliphatic carbocycles. The van der Waals surface area contributed by atoms with Crippen LogP contribution in [0.25, 0.3) is 28.6 Å². The number of hydrogen-bond donors (Lipinski definition) is 2. The molecule has 4 aromatic rings. The summed E-state index contributed by atoms with van der Waals surface area (Å²) in [5.74, 6) is 0. The van der Waals surface area contributed by atoms with Crippen molar-refractivity contribution in [2.24, 2.45) is 5.73 Å². The van der Waals surface area contributed by atoms with E-state index in [4.69, 9.17) is 11.5 Å². The summed E-state index contributed by atoms with van der Waals surface area (Å²) < 4.78 is 0. The second kappa shape index (κ2) is 17.4. The highest BCUT2D eigenvalue weighted by Crippen LogP contribution is 2.25. The minimum Gasteiger partial charge on any atom is -0.405 e. The Kier molecular flexibility index (Phi) is 12.9. The lowest BCUT2D eigenvalue weighted by Gasteiger charge is -2.08. The number of nitrogen functional groups attached to an aromatic ring is 1. The Morgan fingerprint density at radius 2 is 1.51 bits per heavy atom. The highest BCUT2D eigenvalue weighted by Gasteiger charge is 2.04. The van der Waals surface area contributed by atoms with Crippen molar-refractivity contribution in [1.29, 1.82) is 0 Å². The maximum absolute atomic E-state index is 5.36. The molecule has 4 N–H and O–H groups in total. The normalized spacial score (nSPS) is 11.7. The van der Waals surface area contributed by atoms with Gasteiger partial charge in [0.25, 0.3) is 0 Å². The van der Waals surface area contributed by atoms with Crippen molar-refractivity contribution in [3.63, 3.8) is 0 Å². The van der Waals surface area contributed by atoms with Crippen molar-refractivity contribution in [1.82, 2.24) is 9.97 Å². The van der Waals surface area contributed by atoms with Gasteiger partial charge in [-0.3, -0.25) is 9.97 Å². The first-order valence-electron chi connectivity index (χ1n) is 14.1. The molecule has 0 radical (unpaired) electrons. The van der Waals surface area contributed by atoms with Crippen LogP contribution in [0.2, 0.25) is 0 Å². The molecule has 43 heavy (non-hydrogen) atoms. The molecule has 0 unspecified atom stereocenters. The highest BCUT2D eigenvalue weighted by molar-refractivity contribution is 5.71. The SMILES string of the molecule is C=C(/C=C\C(=C/C)C/C=C\C=C/N)C(=C)/C=C\c1cc(-c2ccc(-c3ccccn3)nc2)ccc1C.Nc1ccccc1. The Hall–Kier alpha value is -5.48. The van der Waals surface area contributed by atoms with E-state index in [1.54, 1.807) is 6.20 Å². The van der Waals surface area contributed by atoms with Crippen LogP contribution in [0.1, 0.15) is 24.5 Å². The molecule has 4 heteroatoms. The van der Waals surface area contributed by atoms with E-state index in [0.717, 1.165) is 51.3 Å². The molecule has 0 bridgehead atoms. The van der Waals surface area contributed by atoms with Gasteiger partial charge in [-0.05, 0) is 102 Å². The van der Waals surface area contributed by atoms with Gasteiger partial charge in [-0.25, -0.2) is 0 Å². The lowest BCUT2D eigenvalue weighted by Crippen LogP contribution is -1.89. The molecule has 0 amide bonds. The second-order valence-electron chi connectivity index (χ2n) is 9.73. The summed E-state index contributed by atoms with van der Waals surface area (Å²) in [5.41, 5.74) is 20.7. The summed E-state index contributed by atoms with van der Waals surface area (Å²) in [6.07, 6.45) is 22.1. The van der Waals surface area contributed by atoms with E-state index < -0.39 is 0 Å². The largest absolute Gasteiger partial charge is 0.405 e. The third-order valence-electron chi connectivity index (χ3n) is 6.56. The number of allylic oxidation sites excluding steroid dienone is 10. The fourth-order valence-electron chi connectivity index (χ4n) is 3.92. The lowest BCUT2D eigenvalue weighted by atomic mass is 9.99. The van der Waals surface area contributed by atoms with Gasteiger partial charge in [-0.1, -0.05) is 98.2 Å². The first-order valence-corrected chi connectivity index (χ1v) is 14.1. The standard InChI is InChI=1S/C33H33N3.C6H7N/c1-5-28(11-7-6-9-21-34)16-13-25(2)26(3)14-17-29-23-30(18-15-27(29)4)31-19-20-33(36-24-31)32-12-8-10-22-35-32;7-6-4-2-1-3-5-6/h5-10,12-24H,2-3,11,34H2,1,4H3;1-5H,7H2/b7-6-,16-13-,17-14-,21-9-,28-5-;. The summed E-state index contributed by atoms with van der Waals surface area (Å²) in [5, 5.41) is 0. The molecule has 0 saturated carbocycles. The van der Waals surface area contributed by atoms with E-state index in [9.17, 15) is 0 Å². The molecule has 0 aliphatic heterocycles. The Bertz CT molecular complexity index is 1620. The van der Waals surface area contributed by atoms with Gasteiger partial charge in [0.05, 0.1) is 11.4 Å². The number of aryl methyl sites for hydroxylation is 1. The average Bonchev–Trinajstić information content (AvgIpc) is 3.05. The molecule has 2 aromatic carbocycles. The summed E-state index contributed by atoms with van der Waals surface area (Å²) in [7, 11) is 0. The Balaban J connectivity index is 0.000000633. The predicted octanol–water partition coefficient (Wildman–Crippen LogP) is 9.43. The third-order valence-corrected chi connectivity index (χ3v) is 6.56. The third kappa shape index (κ3) is 10.8. The summed E-state index contributed by atoms with van der Waals surface area (Å²) in [6.45, 7) is 12.5. The molecule has 0 saturated heterocycles. The number of anilines is 1. The summed E-state index contributed by atoms with van der Waals surface area (Å²) in [4.78, 5) is 8.99. The number of para-hydroxylation sites is 1. The van der Waals surface area contributed by atoms with Crippen molar-refractivity contribution in [3.8, 4) is 22.5 Å². The molecular formula is C39H40N4. The second-order valence-corrected chi connectivity index (χ2v) is 9.73. The van der Waals surface area contributed by atoms with Gasteiger partial charge in [0.1, 0.15) is 0 Å². The van der Waals surface area contributed by atoms with E-state index in [-0.39, 0.29) is 0 Å². The zero-order valence-corrected chi connectivity index (χ0v) is 25.0. The monoisotopic (exact) mass is 564 g/mol. The molecular weight excluding hydrogens is 524 g/mol. The Labute approximate surface area is 256 Å². The molecule has 4 rings (SSSR count). The quantitative estimate of drug-likeness (QED) is 0.149. The van der Waals surface area contributed by atoms with E-state index in [1.807, 2.05) is 92.0 Å².